The highest BCUT2D eigenvalue weighted by molar-refractivity contribution is 8.33. The van der Waals surface area contributed by atoms with E-state index in [1.54, 1.807) is 69.3 Å². The van der Waals surface area contributed by atoms with Crippen molar-refractivity contribution in [1.82, 2.24) is 0 Å². The second kappa shape index (κ2) is 11.7. The second-order valence-electron chi connectivity index (χ2n) is 9.86. The molecule has 0 N–H and O–H groups in total. The van der Waals surface area contributed by atoms with E-state index in [1.807, 2.05) is 67.6 Å². The molecule has 0 aromatic heterocycles. The first kappa shape index (κ1) is 28.4. The molecule has 4 aromatic carbocycles. The summed E-state index contributed by atoms with van der Waals surface area (Å²) in [5, 5.41) is 0. The van der Waals surface area contributed by atoms with Crippen molar-refractivity contribution in [1.29, 1.82) is 0 Å². The maximum atomic E-state index is 13.8. The fourth-order valence-corrected chi connectivity index (χ4v) is 9.09. The van der Waals surface area contributed by atoms with Crippen LogP contribution in [-0.2, 0) is 23.3 Å². The minimum atomic E-state index is -4.18. The Morgan fingerprint density at radius 1 is 0.667 bits per heavy atom. The maximum absolute atomic E-state index is 13.8. The minimum absolute atomic E-state index is 0.0779. The summed E-state index contributed by atoms with van der Waals surface area (Å²) in [6.45, 7) is 7.02. The lowest BCUT2D eigenvalue weighted by Crippen LogP contribution is -2.27. The summed E-state index contributed by atoms with van der Waals surface area (Å²) in [7, 11) is -6.94. The average Bonchev–Trinajstić information content (AvgIpc) is 2.91. The molecule has 4 rings (SSSR count). The molecule has 0 heterocycles. The van der Waals surface area contributed by atoms with E-state index in [0.29, 0.717) is 20.4 Å². The maximum Gasteiger partial charge on any atom is 0.344 e. The fraction of sp³-hybridized carbons (Fsp3) is 0.194. The van der Waals surface area contributed by atoms with Crippen LogP contribution in [0.1, 0.15) is 26.3 Å². The first-order chi connectivity index (χ1) is 18.5. The SMILES string of the molecule is Cc1ccc(S(=O)(=O)OS(c2ccccc2)(c2ccccc2)c2ccc(OCC(=O)OC(C)(C)C)cc2)cc1. The lowest BCUT2D eigenvalue weighted by molar-refractivity contribution is -0.157. The van der Waals surface area contributed by atoms with Crippen molar-refractivity contribution < 1.29 is 26.3 Å². The minimum Gasteiger partial charge on any atom is -0.482 e. The Hall–Kier alpha value is -3.59. The Morgan fingerprint density at radius 3 is 1.62 bits per heavy atom. The van der Waals surface area contributed by atoms with Crippen molar-refractivity contribution in [3.8, 4) is 5.75 Å². The van der Waals surface area contributed by atoms with Gasteiger partial charge in [0, 0.05) is 14.7 Å². The molecule has 39 heavy (non-hydrogen) atoms. The number of rotatable bonds is 9. The van der Waals surface area contributed by atoms with Gasteiger partial charge >= 0.3 is 16.1 Å². The smallest absolute Gasteiger partial charge is 0.344 e. The van der Waals surface area contributed by atoms with Crippen LogP contribution in [0.25, 0.3) is 0 Å². The molecule has 0 fully saturated rings. The van der Waals surface area contributed by atoms with E-state index in [-0.39, 0.29) is 11.5 Å². The van der Waals surface area contributed by atoms with Gasteiger partial charge < -0.3 is 9.47 Å². The molecule has 0 unspecified atom stereocenters. The van der Waals surface area contributed by atoms with Gasteiger partial charge in [-0.1, -0.05) is 54.1 Å². The molecular weight excluding hydrogens is 532 g/mol. The van der Waals surface area contributed by atoms with Gasteiger partial charge in [0.25, 0.3) is 0 Å². The van der Waals surface area contributed by atoms with E-state index in [2.05, 4.69) is 0 Å². The Morgan fingerprint density at radius 2 is 1.13 bits per heavy atom. The van der Waals surface area contributed by atoms with Crippen molar-refractivity contribution in [3.05, 3.63) is 115 Å². The highest BCUT2D eigenvalue weighted by Crippen LogP contribution is 2.70. The van der Waals surface area contributed by atoms with Gasteiger partial charge in [0.05, 0.1) is 4.90 Å². The molecule has 0 aliphatic heterocycles. The van der Waals surface area contributed by atoms with Crippen LogP contribution in [-0.4, -0.2) is 26.6 Å². The normalized spacial score (nSPS) is 12.5. The van der Waals surface area contributed by atoms with Gasteiger partial charge in [-0.05, 0) is 98.7 Å². The number of hydrogen-bond donors (Lipinski definition) is 0. The zero-order valence-corrected chi connectivity index (χ0v) is 24.0. The highest BCUT2D eigenvalue weighted by Gasteiger charge is 2.38. The zero-order valence-electron chi connectivity index (χ0n) is 22.4. The van der Waals surface area contributed by atoms with E-state index in [4.69, 9.17) is 13.1 Å². The van der Waals surface area contributed by atoms with E-state index in [9.17, 15) is 13.2 Å². The van der Waals surface area contributed by atoms with Crippen molar-refractivity contribution >= 4 is 26.4 Å². The fourth-order valence-electron chi connectivity index (χ4n) is 3.87. The monoisotopic (exact) mass is 564 g/mol. The topological polar surface area (TPSA) is 78.9 Å². The van der Waals surface area contributed by atoms with Crippen LogP contribution < -0.4 is 4.74 Å². The highest BCUT2D eigenvalue weighted by atomic mass is 32.3. The van der Waals surface area contributed by atoms with Crippen LogP contribution in [0.5, 0.6) is 5.75 Å². The standard InChI is InChI=1S/C31H32O6S2/c1-24-15-19-29(20-16-24)39(33,34)37-38(26-11-7-5-8-12-26,27-13-9-6-10-14-27)28-21-17-25(18-22-28)35-23-30(32)36-31(2,3)4/h5-22H,23H2,1-4H3. The molecule has 0 atom stereocenters. The molecule has 6 nitrogen and oxygen atoms in total. The Labute approximate surface area is 232 Å². The molecule has 0 bridgehead atoms. The second-order valence-corrected chi connectivity index (χ2v) is 14.3. The third-order valence-corrected chi connectivity index (χ3v) is 10.8. The van der Waals surface area contributed by atoms with Gasteiger partial charge in [-0.25, -0.2) is 8.42 Å². The molecule has 0 amide bonds. The van der Waals surface area contributed by atoms with Gasteiger partial charge in [0.15, 0.2) is 6.61 Å². The first-order valence-electron chi connectivity index (χ1n) is 12.4. The van der Waals surface area contributed by atoms with Gasteiger partial charge in [-0.2, -0.15) is 8.42 Å². The summed E-state index contributed by atoms with van der Waals surface area (Å²) in [4.78, 5) is 14.3. The van der Waals surface area contributed by atoms with E-state index >= 15 is 0 Å². The van der Waals surface area contributed by atoms with Crippen LogP contribution in [0.4, 0.5) is 0 Å². The predicted molar refractivity (Wildman–Crippen MR) is 153 cm³/mol. The largest absolute Gasteiger partial charge is 0.482 e. The molecule has 0 spiro atoms. The molecule has 0 aliphatic carbocycles. The first-order valence-corrected chi connectivity index (χ1v) is 15.4. The lowest BCUT2D eigenvalue weighted by atomic mass is 10.2. The Balaban J connectivity index is 1.79. The molecule has 0 saturated carbocycles. The van der Waals surface area contributed by atoms with E-state index in [1.165, 1.54) is 0 Å². The molecule has 204 valence electrons. The van der Waals surface area contributed by atoms with Crippen LogP contribution >= 0.6 is 10.3 Å². The number of carbonyl (C=O) groups is 1. The van der Waals surface area contributed by atoms with E-state index in [0.717, 1.165) is 5.56 Å². The summed E-state index contributed by atoms with van der Waals surface area (Å²) in [6, 6.07) is 32.3. The Bertz CT molecular complexity index is 1450. The molecular formula is C31H32O6S2. The molecule has 8 heteroatoms. The van der Waals surface area contributed by atoms with Gasteiger partial charge in [-0.3, -0.25) is 0 Å². The third-order valence-electron chi connectivity index (χ3n) is 5.58. The summed E-state index contributed by atoms with van der Waals surface area (Å²) in [5.41, 5.74) is 0.333. The number of esters is 1. The van der Waals surface area contributed by atoms with Gasteiger partial charge in [-0.15, -0.1) is 0 Å². The summed E-state index contributed by atoms with van der Waals surface area (Å²) in [5.74, 6) is -0.0342. The van der Waals surface area contributed by atoms with Crippen LogP contribution in [0, 0.1) is 6.92 Å². The Kier molecular flexibility index (Phi) is 8.49. The van der Waals surface area contributed by atoms with Crippen molar-refractivity contribution in [2.75, 3.05) is 6.61 Å². The molecule has 4 aromatic rings. The zero-order chi connectivity index (χ0) is 28.1. The molecule has 0 radical (unpaired) electrons. The van der Waals surface area contributed by atoms with Crippen LogP contribution in [0.15, 0.2) is 129 Å². The number of aryl methyl sites for hydroxylation is 1. The molecule has 0 aliphatic rings. The number of ether oxygens (including phenoxy) is 2. The van der Waals surface area contributed by atoms with E-state index < -0.39 is 32.0 Å². The van der Waals surface area contributed by atoms with Crippen molar-refractivity contribution in [2.24, 2.45) is 0 Å². The number of carbonyl (C=O) groups excluding carboxylic acids is 1. The molecule has 0 saturated heterocycles. The lowest BCUT2D eigenvalue weighted by Gasteiger charge is -2.39. The van der Waals surface area contributed by atoms with Crippen LogP contribution in [0.3, 0.4) is 0 Å². The summed E-state index contributed by atoms with van der Waals surface area (Å²) >= 11 is 0. The number of benzene rings is 4. The summed E-state index contributed by atoms with van der Waals surface area (Å²) in [6.07, 6.45) is 0. The van der Waals surface area contributed by atoms with Crippen LogP contribution in [0.2, 0.25) is 0 Å². The van der Waals surface area contributed by atoms with Crippen molar-refractivity contribution in [2.45, 2.75) is 52.9 Å². The number of hydrogen-bond acceptors (Lipinski definition) is 6. The quantitative estimate of drug-likeness (QED) is 0.198. The van der Waals surface area contributed by atoms with Gasteiger partial charge in [0.1, 0.15) is 11.4 Å². The van der Waals surface area contributed by atoms with Crippen molar-refractivity contribution in [3.63, 3.8) is 0 Å². The predicted octanol–water partition coefficient (Wildman–Crippen LogP) is 7.32. The summed E-state index contributed by atoms with van der Waals surface area (Å²) < 4.78 is 44.8. The average molecular weight is 565 g/mol. The third kappa shape index (κ3) is 6.89. The van der Waals surface area contributed by atoms with Gasteiger partial charge in [0.2, 0.25) is 0 Å².